The van der Waals surface area contributed by atoms with Gasteiger partial charge in [-0.3, -0.25) is 9.78 Å². The molecule has 2 N–H and O–H groups in total. The van der Waals surface area contributed by atoms with E-state index in [-0.39, 0.29) is 17.1 Å². The lowest BCUT2D eigenvalue weighted by Crippen LogP contribution is -2.39. The first kappa shape index (κ1) is 27.6. The van der Waals surface area contributed by atoms with E-state index in [9.17, 15) is 13.2 Å². The van der Waals surface area contributed by atoms with Crippen LogP contribution in [0.15, 0.2) is 66.0 Å². The third kappa shape index (κ3) is 6.26. The van der Waals surface area contributed by atoms with Crippen molar-refractivity contribution in [2.45, 2.75) is 31.8 Å². The second kappa shape index (κ2) is 11.6. The number of rotatable bonds is 8. The van der Waals surface area contributed by atoms with Gasteiger partial charge in [-0.2, -0.15) is 0 Å². The fourth-order valence-corrected chi connectivity index (χ4v) is 6.09. The number of aromatic nitrogens is 4. The Morgan fingerprint density at radius 2 is 1.80 bits per heavy atom. The van der Waals surface area contributed by atoms with Crippen LogP contribution in [-0.2, 0) is 16.4 Å². The molecule has 208 valence electrons. The molecule has 0 aliphatic carbocycles. The van der Waals surface area contributed by atoms with Gasteiger partial charge in [-0.1, -0.05) is 19.9 Å². The molecule has 10 nitrogen and oxygen atoms in total. The molecule has 0 spiro atoms. The number of nitrogens with one attached hydrogen (secondary N) is 1. The lowest BCUT2D eigenvalue weighted by molar-refractivity contribution is 0.0950. The van der Waals surface area contributed by atoms with Crippen molar-refractivity contribution in [1.29, 1.82) is 0 Å². The molecule has 40 heavy (non-hydrogen) atoms. The molecule has 1 fully saturated rings. The van der Waals surface area contributed by atoms with Crippen molar-refractivity contribution in [3.63, 3.8) is 0 Å². The second-order valence-corrected chi connectivity index (χ2v) is 12.5. The van der Waals surface area contributed by atoms with Crippen LogP contribution in [0.1, 0.15) is 36.3 Å². The molecule has 0 saturated carbocycles. The Kier molecular flexibility index (Phi) is 8.04. The van der Waals surface area contributed by atoms with Gasteiger partial charge < -0.3 is 15.3 Å². The normalized spacial score (nSPS) is 17.6. The highest BCUT2D eigenvalue weighted by Gasteiger charge is 2.23. The molecule has 1 aliphatic heterocycles. The Morgan fingerprint density at radius 3 is 2.58 bits per heavy atom. The van der Waals surface area contributed by atoms with Crippen LogP contribution in [0.5, 0.6) is 0 Å². The number of pyridine rings is 4. The summed E-state index contributed by atoms with van der Waals surface area (Å²) in [4.78, 5) is 33.1. The average molecular weight is 561 g/mol. The third-order valence-electron chi connectivity index (χ3n) is 6.93. The summed E-state index contributed by atoms with van der Waals surface area (Å²) in [5.41, 5.74) is 3.02. The summed E-state index contributed by atoms with van der Waals surface area (Å²) < 4.78 is 24.4. The average Bonchev–Trinajstić information content (AvgIpc) is 2.95. The van der Waals surface area contributed by atoms with Gasteiger partial charge in [0.15, 0.2) is 14.9 Å². The maximum atomic E-state index is 12.7. The van der Waals surface area contributed by atoms with Crippen LogP contribution in [0, 0.1) is 11.8 Å². The van der Waals surface area contributed by atoms with Crippen LogP contribution >= 0.6 is 0 Å². The van der Waals surface area contributed by atoms with Gasteiger partial charge in [0.1, 0.15) is 5.82 Å². The van der Waals surface area contributed by atoms with Crippen molar-refractivity contribution in [3.05, 3.63) is 72.2 Å². The van der Waals surface area contributed by atoms with Gasteiger partial charge in [0.05, 0.1) is 41.5 Å². The summed E-state index contributed by atoms with van der Waals surface area (Å²) in [6.07, 6.45) is 4.20. The molecule has 4 aromatic heterocycles. The van der Waals surface area contributed by atoms with E-state index in [0.29, 0.717) is 17.5 Å². The van der Waals surface area contributed by atoms with Crippen molar-refractivity contribution < 1.29 is 18.3 Å². The van der Waals surface area contributed by atoms with E-state index < -0.39 is 28.1 Å². The number of hydrogen-bond donors (Lipinski definition) is 2. The van der Waals surface area contributed by atoms with Crippen molar-refractivity contribution >= 4 is 32.5 Å². The van der Waals surface area contributed by atoms with Crippen LogP contribution in [0.3, 0.4) is 0 Å². The monoisotopic (exact) mass is 560 g/mol. The van der Waals surface area contributed by atoms with Crippen LogP contribution < -0.4 is 10.2 Å². The topological polar surface area (TPSA) is 138 Å². The number of piperidine rings is 1. The fourth-order valence-electron chi connectivity index (χ4n) is 5.11. The quantitative estimate of drug-likeness (QED) is 0.332. The van der Waals surface area contributed by atoms with Crippen molar-refractivity contribution in [2.24, 2.45) is 11.8 Å². The van der Waals surface area contributed by atoms with Gasteiger partial charge in [0, 0.05) is 36.4 Å². The fraction of sp³-hybridized carbons (Fsp3) is 0.345. The molecule has 4 aromatic rings. The molecule has 2 atom stereocenters. The zero-order valence-corrected chi connectivity index (χ0v) is 23.3. The first-order chi connectivity index (χ1) is 19.2. The number of hydrogen-bond acceptors (Lipinski definition) is 9. The lowest BCUT2D eigenvalue weighted by Gasteiger charge is -2.35. The molecular formula is C29H32N6O4S. The highest BCUT2D eigenvalue weighted by atomic mass is 32.2. The molecule has 1 aliphatic rings. The smallest absolute Gasteiger partial charge is 0.251 e. The number of carbonyl (C=O) groups is 1. The Morgan fingerprint density at radius 1 is 1.02 bits per heavy atom. The van der Waals surface area contributed by atoms with E-state index in [1.165, 1.54) is 24.8 Å². The van der Waals surface area contributed by atoms with Crippen LogP contribution in [0.2, 0.25) is 0 Å². The van der Waals surface area contributed by atoms with E-state index in [1.807, 2.05) is 36.4 Å². The summed E-state index contributed by atoms with van der Waals surface area (Å²) in [6, 6.07) is 14.4. The van der Waals surface area contributed by atoms with E-state index in [4.69, 9.17) is 15.1 Å². The Labute approximate surface area is 233 Å². The SMILES string of the molecule is C[C@@H]1C[C@H](C)CN(c2cccc(-c3ccc4cnc(CNC(=O)c5ccnc(S(=O)(=O)CCO)c5)cc4n3)n2)C1. The molecule has 0 unspecified atom stereocenters. The first-order valence-electron chi connectivity index (χ1n) is 13.3. The molecule has 0 radical (unpaired) electrons. The van der Waals surface area contributed by atoms with Crippen molar-refractivity contribution in [3.8, 4) is 11.4 Å². The Balaban J connectivity index is 1.32. The summed E-state index contributed by atoms with van der Waals surface area (Å²) in [5.74, 6) is 1.28. The maximum absolute atomic E-state index is 12.7. The molecule has 1 amide bonds. The van der Waals surface area contributed by atoms with Gasteiger partial charge in [-0.25, -0.2) is 23.4 Å². The maximum Gasteiger partial charge on any atom is 0.251 e. The minimum atomic E-state index is -3.77. The van der Waals surface area contributed by atoms with E-state index >= 15 is 0 Å². The summed E-state index contributed by atoms with van der Waals surface area (Å²) in [7, 11) is -3.77. The first-order valence-corrected chi connectivity index (χ1v) is 14.9. The van der Waals surface area contributed by atoms with Crippen molar-refractivity contribution in [2.75, 3.05) is 30.3 Å². The molecule has 1 saturated heterocycles. The third-order valence-corrected chi connectivity index (χ3v) is 8.51. The molecule has 11 heteroatoms. The highest BCUT2D eigenvalue weighted by Crippen LogP contribution is 2.27. The zero-order chi connectivity index (χ0) is 28.3. The standard InChI is InChI=1S/C29H32N6O4S/c1-19-12-20(2)18-35(17-19)27-5-3-4-24(34-27)25-7-6-22-15-31-23(14-26(22)33-25)16-32-29(37)21-8-9-30-28(13-21)40(38,39)11-10-36/h3-9,13-15,19-20,36H,10-12,16-18H2,1-2H3,(H,32,37)/t19-,20+. The largest absolute Gasteiger partial charge is 0.395 e. The van der Waals surface area contributed by atoms with Gasteiger partial charge >= 0.3 is 0 Å². The van der Waals surface area contributed by atoms with Gasteiger partial charge in [-0.05, 0) is 60.7 Å². The number of carbonyl (C=O) groups excluding carboxylic acids is 1. The second-order valence-electron chi connectivity index (χ2n) is 10.4. The number of aliphatic hydroxyl groups excluding tert-OH is 1. The predicted octanol–water partition coefficient (Wildman–Crippen LogP) is 3.27. The zero-order valence-electron chi connectivity index (χ0n) is 22.5. The number of fused-ring (bicyclic) bond motifs is 1. The number of anilines is 1. The molecule has 0 aromatic carbocycles. The Bertz CT molecular complexity index is 1630. The molecule has 5 rings (SSSR count). The Hall–Kier alpha value is -3.96. The van der Waals surface area contributed by atoms with E-state index in [1.54, 1.807) is 6.20 Å². The van der Waals surface area contributed by atoms with Crippen LogP contribution in [-0.4, -0.2) is 64.8 Å². The number of nitrogens with zero attached hydrogens (tertiary/aromatic N) is 5. The highest BCUT2D eigenvalue weighted by molar-refractivity contribution is 7.91. The van der Waals surface area contributed by atoms with Crippen molar-refractivity contribution in [1.82, 2.24) is 25.3 Å². The summed E-state index contributed by atoms with van der Waals surface area (Å²) in [5, 5.41) is 12.4. The number of amides is 1. The lowest BCUT2D eigenvalue weighted by atomic mass is 9.92. The van der Waals surface area contributed by atoms with Crippen LogP contribution in [0.25, 0.3) is 22.3 Å². The summed E-state index contributed by atoms with van der Waals surface area (Å²) in [6.45, 7) is 6.15. The molecule has 5 heterocycles. The van der Waals surface area contributed by atoms with E-state index in [2.05, 4.69) is 34.0 Å². The minimum absolute atomic E-state index is 0.126. The molecular weight excluding hydrogens is 528 g/mol. The molecule has 0 bridgehead atoms. The number of aliphatic hydroxyl groups is 1. The van der Waals surface area contributed by atoms with Gasteiger partial charge in [0.2, 0.25) is 0 Å². The number of sulfone groups is 1. The predicted molar refractivity (Wildman–Crippen MR) is 152 cm³/mol. The van der Waals surface area contributed by atoms with E-state index in [0.717, 1.165) is 41.2 Å². The minimum Gasteiger partial charge on any atom is -0.395 e. The summed E-state index contributed by atoms with van der Waals surface area (Å²) >= 11 is 0. The van der Waals surface area contributed by atoms with Gasteiger partial charge in [0.25, 0.3) is 5.91 Å². The van der Waals surface area contributed by atoms with Crippen LogP contribution in [0.4, 0.5) is 5.82 Å². The van der Waals surface area contributed by atoms with Gasteiger partial charge in [-0.15, -0.1) is 0 Å².